The van der Waals surface area contributed by atoms with E-state index in [4.69, 9.17) is 0 Å². The summed E-state index contributed by atoms with van der Waals surface area (Å²) in [7, 11) is 4.20. The van der Waals surface area contributed by atoms with Crippen LogP contribution in [0.1, 0.15) is 100 Å². The van der Waals surface area contributed by atoms with E-state index in [1.807, 2.05) is 0 Å². The monoisotopic (exact) mass is 442 g/mol. The molecule has 0 aromatic rings. The molecule has 2 N–H and O–H groups in total. The summed E-state index contributed by atoms with van der Waals surface area (Å²) in [6, 6.07) is 0. The minimum Gasteiger partial charge on any atom is -0.392 e. The first-order valence-electron chi connectivity index (χ1n) is 12.9. The Labute approximate surface area is 195 Å². The van der Waals surface area contributed by atoms with E-state index in [1.165, 1.54) is 12.8 Å². The fourth-order valence-electron chi connectivity index (χ4n) is 5.21. The number of rotatable bonds is 18. The van der Waals surface area contributed by atoms with Gasteiger partial charge in [-0.05, 0) is 82.0 Å². The van der Waals surface area contributed by atoms with Crippen molar-refractivity contribution in [3.63, 3.8) is 0 Å². The highest BCUT2D eigenvalue weighted by Gasteiger charge is 2.28. The molecular weight excluding hydrogens is 384 g/mol. The van der Waals surface area contributed by atoms with Crippen molar-refractivity contribution in [2.75, 3.05) is 40.3 Å². The second-order valence-electron chi connectivity index (χ2n) is 12.4. The lowest BCUT2D eigenvalue weighted by Crippen LogP contribution is -2.41. The molecular formula is C27H58N2O2. The van der Waals surface area contributed by atoms with Crippen LogP contribution >= 0.6 is 0 Å². The summed E-state index contributed by atoms with van der Waals surface area (Å²) in [5, 5.41) is 21.8. The van der Waals surface area contributed by atoms with Crippen LogP contribution in [0.5, 0.6) is 0 Å². The predicted octanol–water partition coefficient (Wildman–Crippen LogP) is 5.67. The maximum Gasteiger partial charge on any atom is 0.0672 e. The van der Waals surface area contributed by atoms with Gasteiger partial charge in [-0.1, -0.05) is 68.2 Å². The first-order valence-corrected chi connectivity index (χ1v) is 12.9. The first kappa shape index (κ1) is 30.8. The molecule has 0 heterocycles. The number of aliphatic hydroxyl groups excluding tert-OH is 2. The molecule has 0 aliphatic rings. The quantitative estimate of drug-likeness (QED) is 0.287. The maximum absolute atomic E-state index is 10.9. The number of hydrogen-bond donors (Lipinski definition) is 2. The molecule has 4 unspecified atom stereocenters. The fourth-order valence-corrected chi connectivity index (χ4v) is 5.21. The van der Waals surface area contributed by atoms with Crippen LogP contribution in [0, 0.1) is 22.7 Å². The van der Waals surface area contributed by atoms with Gasteiger partial charge < -0.3 is 15.1 Å². The first-order chi connectivity index (χ1) is 14.2. The molecule has 0 saturated heterocycles. The van der Waals surface area contributed by atoms with Gasteiger partial charge in [0.05, 0.1) is 12.2 Å². The van der Waals surface area contributed by atoms with E-state index < -0.39 is 0 Å². The summed E-state index contributed by atoms with van der Waals surface area (Å²) in [5.74, 6) is 1.38. The second-order valence-corrected chi connectivity index (χ2v) is 12.4. The van der Waals surface area contributed by atoms with E-state index in [9.17, 15) is 10.2 Å². The summed E-state index contributed by atoms with van der Waals surface area (Å²) in [4.78, 5) is 4.51. The minimum absolute atomic E-state index is 0.140. The summed E-state index contributed by atoms with van der Waals surface area (Å²) in [6.45, 7) is 21.5. The average molecular weight is 443 g/mol. The molecule has 0 fully saturated rings. The molecule has 0 aliphatic carbocycles. The van der Waals surface area contributed by atoms with Crippen molar-refractivity contribution >= 4 is 0 Å². The van der Waals surface area contributed by atoms with Gasteiger partial charge in [-0.15, -0.1) is 0 Å². The predicted molar refractivity (Wildman–Crippen MR) is 137 cm³/mol. The van der Waals surface area contributed by atoms with E-state index >= 15 is 0 Å². The van der Waals surface area contributed by atoms with Crippen LogP contribution in [0.2, 0.25) is 0 Å². The number of hydrogen-bond acceptors (Lipinski definition) is 4. The summed E-state index contributed by atoms with van der Waals surface area (Å²) in [6.07, 6.45) is 6.66. The van der Waals surface area contributed by atoms with Gasteiger partial charge in [0.15, 0.2) is 0 Å². The Hall–Kier alpha value is -0.160. The van der Waals surface area contributed by atoms with Crippen LogP contribution in [0.15, 0.2) is 0 Å². The molecule has 4 nitrogen and oxygen atoms in total. The molecule has 0 saturated carbocycles. The van der Waals surface area contributed by atoms with Crippen LogP contribution in [0.3, 0.4) is 0 Å². The van der Waals surface area contributed by atoms with E-state index in [1.54, 1.807) is 0 Å². The van der Waals surface area contributed by atoms with Gasteiger partial charge in [0.1, 0.15) is 0 Å². The van der Waals surface area contributed by atoms with Crippen molar-refractivity contribution in [3.05, 3.63) is 0 Å². The molecule has 0 spiro atoms. The molecule has 31 heavy (non-hydrogen) atoms. The molecule has 4 heteroatoms. The molecule has 0 aromatic carbocycles. The molecule has 4 atom stereocenters. The largest absolute Gasteiger partial charge is 0.392 e. The second kappa shape index (κ2) is 14.9. The van der Waals surface area contributed by atoms with Crippen molar-refractivity contribution in [2.45, 2.75) is 113 Å². The van der Waals surface area contributed by atoms with Gasteiger partial charge in [0.25, 0.3) is 0 Å². The molecule has 0 aliphatic heterocycles. The van der Waals surface area contributed by atoms with Gasteiger partial charge in [-0.3, -0.25) is 4.90 Å². The standard InChI is InChI=1S/C27H58N2O2/c1-11-22(3)16-26(5,6)18-24(30)20-29(15-13-14-28(9)10)21-25(31)19-27(7,8)17-23(4)12-2/h22-25,30-31H,11-21H2,1-10H3. The summed E-state index contributed by atoms with van der Waals surface area (Å²) in [5.41, 5.74) is 0.280. The third-order valence-corrected chi connectivity index (χ3v) is 6.79. The topological polar surface area (TPSA) is 46.9 Å². The van der Waals surface area contributed by atoms with Gasteiger partial charge in [-0.2, -0.15) is 0 Å². The zero-order valence-electron chi connectivity index (χ0n) is 22.9. The lowest BCUT2D eigenvalue weighted by atomic mass is 9.78. The molecule has 0 rings (SSSR count). The third kappa shape index (κ3) is 16.2. The minimum atomic E-state index is -0.348. The smallest absolute Gasteiger partial charge is 0.0672 e. The van der Waals surface area contributed by atoms with Crippen LogP contribution < -0.4 is 0 Å². The van der Waals surface area contributed by atoms with Crippen molar-refractivity contribution < 1.29 is 10.2 Å². The molecule has 188 valence electrons. The van der Waals surface area contributed by atoms with E-state index in [2.05, 4.69) is 79.3 Å². The van der Waals surface area contributed by atoms with Crippen molar-refractivity contribution in [1.82, 2.24) is 9.80 Å². The highest BCUT2D eigenvalue weighted by Crippen LogP contribution is 2.33. The molecule has 0 amide bonds. The highest BCUT2D eigenvalue weighted by atomic mass is 16.3. The molecule has 0 bridgehead atoms. The maximum atomic E-state index is 10.9. The van der Waals surface area contributed by atoms with Gasteiger partial charge in [-0.25, -0.2) is 0 Å². The van der Waals surface area contributed by atoms with Crippen LogP contribution in [-0.4, -0.2) is 72.5 Å². The number of nitrogens with zero attached hydrogens (tertiary/aromatic N) is 2. The van der Waals surface area contributed by atoms with Crippen LogP contribution in [0.4, 0.5) is 0 Å². The Bertz CT molecular complexity index is 417. The van der Waals surface area contributed by atoms with E-state index in [-0.39, 0.29) is 23.0 Å². The van der Waals surface area contributed by atoms with Crippen LogP contribution in [-0.2, 0) is 0 Å². The van der Waals surface area contributed by atoms with E-state index in [0.29, 0.717) is 24.9 Å². The average Bonchev–Trinajstić information content (AvgIpc) is 2.58. The fraction of sp³-hybridized carbons (Fsp3) is 1.00. The lowest BCUT2D eigenvalue weighted by Gasteiger charge is -2.35. The van der Waals surface area contributed by atoms with Gasteiger partial charge >= 0.3 is 0 Å². The Morgan fingerprint density at radius 3 is 1.39 bits per heavy atom. The SMILES string of the molecule is CCC(C)CC(C)(C)CC(O)CN(CCCN(C)C)CC(O)CC(C)(C)CC(C)CC. The Balaban J connectivity index is 4.93. The zero-order valence-corrected chi connectivity index (χ0v) is 22.9. The number of aliphatic hydroxyl groups is 2. The molecule has 0 radical (unpaired) electrons. The Kier molecular flexibility index (Phi) is 14.8. The van der Waals surface area contributed by atoms with E-state index in [0.717, 1.165) is 45.2 Å². The van der Waals surface area contributed by atoms with Crippen molar-refractivity contribution in [1.29, 1.82) is 0 Å². The molecule has 0 aromatic heterocycles. The van der Waals surface area contributed by atoms with Crippen molar-refractivity contribution in [3.8, 4) is 0 Å². The summed E-state index contributed by atoms with van der Waals surface area (Å²) < 4.78 is 0. The normalized spacial score (nSPS) is 17.2. The van der Waals surface area contributed by atoms with Crippen LogP contribution in [0.25, 0.3) is 0 Å². The third-order valence-electron chi connectivity index (χ3n) is 6.79. The van der Waals surface area contributed by atoms with Gasteiger partial charge in [0.2, 0.25) is 0 Å². The highest BCUT2D eigenvalue weighted by molar-refractivity contribution is 4.80. The lowest BCUT2D eigenvalue weighted by molar-refractivity contribution is 0.0277. The Morgan fingerprint density at radius 1 is 0.677 bits per heavy atom. The Morgan fingerprint density at radius 2 is 1.06 bits per heavy atom. The van der Waals surface area contributed by atoms with Crippen molar-refractivity contribution in [2.24, 2.45) is 22.7 Å². The summed E-state index contributed by atoms with van der Waals surface area (Å²) >= 11 is 0. The zero-order chi connectivity index (χ0) is 24.2. The van der Waals surface area contributed by atoms with Gasteiger partial charge in [0, 0.05) is 13.1 Å².